The molecule has 1 atom stereocenters. The Morgan fingerprint density at radius 1 is 1.50 bits per heavy atom. The summed E-state index contributed by atoms with van der Waals surface area (Å²) in [6, 6.07) is 4.43. The Bertz CT molecular complexity index is 504. The summed E-state index contributed by atoms with van der Waals surface area (Å²) in [7, 11) is 0. The van der Waals surface area contributed by atoms with Gasteiger partial charge in [0.1, 0.15) is 0 Å². The predicted octanol–water partition coefficient (Wildman–Crippen LogP) is 1.62. The minimum absolute atomic E-state index is 0.288. The Morgan fingerprint density at radius 3 is 3.17 bits per heavy atom. The average molecular weight is 312 g/mol. The fourth-order valence-corrected chi connectivity index (χ4v) is 2.57. The third-order valence-electron chi connectivity index (χ3n) is 2.85. The number of nitrogens with zero attached hydrogens (tertiary/aromatic N) is 1. The van der Waals surface area contributed by atoms with Gasteiger partial charge in [-0.2, -0.15) is 0 Å². The zero-order valence-corrected chi connectivity index (χ0v) is 11.6. The summed E-state index contributed by atoms with van der Waals surface area (Å²) in [5.41, 5.74) is 1.12. The fraction of sp³-hybridized carbons (Fsp3) is 0.417. The van der Waals surface area contributed by atoms with Gasteiger partial charge >= 0.3 is 0 Å². The second-order valence-corrected chi connectivity index (χ2v) is 5.25. The zero-order valence-electron chi connectivity index (χ0n) is 10.00. The Balaban J connectivity index is 1.68. The second kappa shape index (κ2) is 4.68. The molecule has 1 unspecified atom stereocenters. The van der Waals surface area contributed by atoms with Crippen molar-refractivity contribution in [1.29, 1.82) is 0 Å². The highest BCUT2D eigenvalue weighted by molar-refractivity contribution is 9.10. The Hall–Kier alpha value is -1.43. The van der Waals surface area contributed by atoms with Gasteiger partial charge in [-0.05, 0) is 40.5 Å². The van der Waals surface area contributed by atoms with Crippen LogP contribution < -0.4 is 20.1 Å². The van der Waals surface area contributed by atoms with Gasteiger partial charge < -0.3 is 20.1 Å². The fourth-order valence-electron chi connectivity index (χ4n) is 1.97. The summed E-state index contributed by atoms with van der Waals surface area (Å²) in [5, 5.41) is 6.53. The SMILES string of the molecule is CC1CN=C(NCc2cc(Br)c3c(c2)OCO3)N1. The lowest BCUT2D eigenvalue weighted by atomic mass is 10.2. The smallest absolute Gasteiger partial charge is 0.231 e. The molecule has 18 heavy (non-hydrogen) atoms. The number of hydrogen-bond donors (Lipinski definition) is 2. The number of halogens is 1. The van der Waals surface area contributed by atoms with Gasteiger partial charge in [0.05, 0.1) is 11.0 Å². The van der Waals surface area contributed by atoms with Gasteiger partial charge in [0.25, 0.3) is 0 Å². The first-order valence-electron chi connectivity index (χ1n) is 5.85. The lowest BCUT2D eigenvalue weighted by Gasteiger charge is -2.10. The molecule has 1 aromatic carbocycles. The number of ether oxygens (including phenoxy) is 2. The van der Waals surface area contributed by atoms with Crippen LogP contribution in [0.25, 0.3) is 0 Å². The van der Waals surface area contributed by atoms with E-state index in [1.807, 2.05) is 12.1 Å². The van der Waals surface area contributed by atoms with Crippen molar-refractivity contribution in [3.05, 3.63) is 22.2 Å². The Labute approximate surface area is 114 Å². The molecule has 0 aromatic heterocycles. The predicted molar refractivity (Wildman–Crippen MR) is 72.0 cm³/mol. The highest BCUT2D eigenvalue weighted by Gasteiger charge is 2.18. The molecule has 0 saturated carbocycles. The molecule has 2 aliphatic rings. The molecule has 1 aromatic rings. The molecule has 2 aliphatic heterocycles. The third-order valence-corrected chi connectivity index (χ3v) is 3.44. The summed E-state index contributed by atoms with van der Waals surface area (Å²) < 4.78 is 11.7. The normalized spacial score (nSPS) is 20.6. The molecule has 0 bridgehead atoms. The minimum Gasteiger partial charge on any atom is -0.454 e. The van der Waals surface area contributed by atoms with Crippen molar-refractivity contribution in [1.82, 2.24) is 10.6 Å². The quantitative estimate of drug-likeness (QED) is 0.871. The molecule has 2 N–H and O–H groups in total. The number of aliphatic imine (C=N–C) groups is 1. The number of hydrogen-bond acceptors (Lipinski definition) is 5. The van der Waals surface area contributed by atoms with Crippen LogP contribution >= 0.6 is 15.9 Å². The molecule has 2 heterocycles. The van der Waals surface area contributed by atoms with Gasteiger partial charge in [0.2, 0.25) is 6.79 Å². The summed E-state index contributed by atoms with van der Waals surface area (Å²) in [5.74, 6) is 2.43. The van der Waals surface area contributed by atoms with Crippen LogP contribution in [0.4, 0.5) is 0 Å². The summed E-state index contributed by atoms with van der Waals surface area (Å²) in [4.78, 5) is 4.35. The van der Waals surface area contributed by atoms with Crippen molar-refractivity contribution in [3.63, 3.8) is 0 Å². The van der Waals surface area contributed by atoms with E-state index in [2.05, 4.69) is 38.5 Å². The van der Waals surface area contributed by atoms with Crippen LogP contribution in [0, 0.1) is 0 Å². The highest BCUT2D eigenvalue weighted by atomic mass is 79.9. The van der Waals surface area contributed by atoms with Crippen molar-refractivity contribution in [2.75, 3.05) is 13.3 Å². The van der Waals surface area contributed by atoms with Gasteiger partial charge in [-0.3, -0.25) is 4.99 Å². The van der Waals surface area contributed by atoms with Crippen molar-refractivity contribution in [3.8, 4) is 11.5 Å². The maximum Gasteiger partial charge on any atom is 0.231 e. The first-order valence-corrected chi connectivity index (χ1v) is 6.64. The average Bonchev–Trinajstić information content (AvgIpc) is 2.95. The maximum absolute atomic E-state index is 5.38. The molecule has 96 valence electrons. The summed E-state index contributed by atoms with van der Waals surface area (Å²) >= 11 is 3.48. The van der Waals surface area contributed by atoms with Crippen molar-refractivity contribution >= 4 is 21.9 Å². The van der Waals surface area contributed by atoms with Gasteiger partial charge in [-0.25, -0.2) is 0 Å². The molecule has 0 saturated heterocycles. The second-order valence-electron chi connectivity index (χ2n) is 4.40. The van der Waals surface area contributed by atoms with Gasteiger partial charge in [0, 0.05) is 12.6 Å². The van der Waals surface area contributed by atoms with E-state index in [-0.39, 0.29) is 6.79 Å². The van der Waals surface area contributed by atoms with E-state index in [4.69, 9.17) is 9.47 Å². The standard InChI is InChI=1S/C12H14BrN3O2/c1-7-4-14-12(16-7)15-5-8-2-9(13)11-10(3-8)17-6-18-11/h2-3,7H,4-6H2,1H3,(H2,14,15,16). The molecular formula is C12H14BrN3O2. The van der Waals surface area contributed by atoms with E-state index in [0.29, 0.717) is 12.6 Å². The van der Waals surface area contributed by atoms with Gasteiger partial charge in [-0.1, -0.05) is 0 Å². The van der Waals surface area contributed by atoms with E-state index in [1.165, 1.54) is 0 Å². The highest BCUT2D eigenvalue weighted by Crippen LogP contribution is 2.39. The first-order chi connectivity index (χ1) is 8.72. The molecule has 0 spiro atoms. The topological polar surface area (TPSA) is 54.9 Å². The van der Waals surface area contributed by atoms with E-state index in [9.17, 15) is 0 Å². The molecule has 5 nitrogen and oxygen atoms in total. The number of benzene rings is 1. The summed E-state index contributed by atoms with van der Waals surface area (Å²) in [6.45, 7) is 3.92. The molecular weight excluding hydrogens is 298 g/mol. The number of rotatable bonds is 2. The van der Waals surface area contributed by atoms with E-state index >= 15 is 0 Å². The van der Waals surface area contributed by atoms with Crippen LogP contribution in [0.15, 0.2) is 21.6 Å². The summed E-state index contributed by atoms with van der Waals surface area (Å²) in [6.07, 6.45) is 0. The maximum atomic E-state index is 5.38. The van der Waals surface area contributed by atoms with Gasteiger partial charge in [-0.15, -0.1) is 0 Å². The van der Waals surface area contributed by atoms with Crippen LogP contribution in [0.3, 0.4) is 0 Å². The lowest BCUT2D eigenvalue weighted by Crippen LogP contribution is -2.37. The van der Waals surface area contributed by atoms with Crippen LogP contribution in [-0.2, 0) is 6.54 Å². The molecule has 0 radical (unpaired) electrons. The number of nitrogens with one attached hydrogen (secondary N) is 2. The van der Waals surface area contributed by atoms with Crippen LogP contribution in [0.2, 0.25) is 0 Å². The van der Waals surface area contributed by atoms with Crippen molar-refractivity contribution in [2.45, 2.75) is 19.5 Å². The van der Waals surface area contributed by atoms with Crippen molar-refractivity contribution in [2.24, 2.45) is 4.99 Å². The molecule has 0 aliphatic carbocycles. The van der Waals surface area contributed by atoms with Crippen LogP contribution in [0.5, 0.6) is 11.5 Å². The monoisotopic (exact) mass is 311 g/mol. The van der Waals surface area contributed by atoms with Crippen LogP contribution in [-0.4, -0.2) is 25.3 Å². The molecule has 6 heteroatoms. The van der Waals surface area contributed by atoms with E-state index < -0.39 is 0 Å². The molecule has 0 amide bonds. The van der Waals surface area contributed by atoms with Crippen molar-refractivity contribution < 1.29 is 9.47 Å². The molecule has 3 rings (SSSR count). The van der Waals surface area contributed by atoms with E-state index in [1.54, 1.807) is 0 Å². The van der Waals surface area contributed by atoms with Crippen LogP contribution in [0.1, 0.15) is 12.5 Å². The van der Waals surface area contributed by atoms with E-state index in [0.717, 1.165) is 34.0 Å². The first kappa shape index (κ1) is 11.6. The Morgan fingerprint density at radius 2 is 2.39 bits per heavy atom. The molecule has 0 fully saturated rings. The number of fused-ring (bicyclic) bond motifs is 1. The zero-order chi connectivity index (χ0) is 12.5. The largest absolute Gasteiger partial charge is 0.454 e. The van der Waals surface area contributed by atoms with Gasteiger partial charge in [0.15, 0.2) is 17.5 Å². The lowest BCUT2D eigenvalue weighted by molar-refractivity contribution is 0.173. The number of guanidine groups is 1. The minimum atomic E-state index is 0.288. The Kier molecular flexibility index (Phi) is 3.03. The third kappa shape index (κ3) is 2.25.